The number of nitrogens with zero attached hydrogens (tertiary/aromatic N) is 2. The maximum Gasteiger partial charge on any atom is 0.174 e. The molecule has 0 fully saturated rings. The van der Waals surface area contributed by atoms with Gasteiger partial charge in [0.25, 0.3) is 0 Å². The zero-order chi connectivity index (χ0) is 13.1. The first-order valence-corrected chi connectivity index (χ1v) is 5.81. The lowest BCUT2D eigenvalue weighted by Gasteiger charge is -2.03. The van der Waals surface area contributed by atoms with Gasteiger partial charge in [-0.15, -0.1) is 0 Å². The van der Waals surface area contributed by atoms with E-state index in [-0.39, 0.29) is 6.42 Å². The molecule has 0 saturated heterocycles. The molecule has 0 bridgehead atoms. The molecule has 0 aliphatic rings. The Labute approximate surface area is 110 Å². The first-order valence-electron chi connectivity index (χ1n) is 5.01. The summed E-state index contributed by atoms with van der Waals surface area (Å²) in [5, 5.41) is 0. The molecule has 18 heavy (non-hydrogen) atoms. The molecule has 0 atom stereocenters. The summed E-state index contributed by atoms with van der Waals surface area (Å²) in [7, 11) is 0. The number of carbonyl (C=O) groups excluding carboxylic acids is 1. The van der Waals surface area contributed by atoms with Crippen molar-refractivity contribution in [2.45, 2.75) is 6.42 Å². The predicted octanol–water partition coefficient (Wildman–Crippen LogP) is 2.94. The predicted molar refractivity (Wildman–Crippen MR) is 64.1 cm³/mol. The van der Waals surface area contributed by atoms with Gasteiger partial charge in [0.2, 0.25) is 0 Å². The summed E-state index contributed by atoms with van der Waals surface area (Å²) in [5.74, 6) is -2.41. The van der Waals surface area contributed by atoms with Crippen molar-refractivity contribution in [3.8, 4) is 0 Å². The normalized spacial score (nSPS) is 10.4. The van der Waals surface area contributed by atoms with Crippen LogP contribution < -0.4 is 0 Å². The second kappa shape index (κ2) is 5.30. The topological polar surface area (TPSA) is 42.9 Å². The summed E-state index contributed by atoms with van der Waals surface area (Å²) in [5.41, 5.74) is -0.187. The van der Waals surface area contributed by atoms with E-state index in [9.17, 15) is 13.6 Å². The van der Waals surface area contributed by atoms with Crippen molar-refractivity contribution in [1.82, 2.24) is 9.97 Å². The number of hydrogen-bond donors (Lipinski definition) is 0. The molecule has 0 radical (unpaired) electrons. The number of rotatable bonds is 3. The van der Waals surface area contributed by atoms with Crippen molar-refractivity contribution in [2.75, 3.05) is 0 Å². The van der Waals surface area contributed by atoms with Crippen LogP contribution in [0.4, 0.5) is 8.78 Å². The molecule has 0 aliphatic heterocycles. The summed E-state index contributed by atoms with van der Waals surface area (Å²) in [4.78, 5) is 19.6. The van der Waals surface area contributed by atoms with E-state index in [4.69, 9.17) is 0 Å². The zero-order valence-electron chi connectivity index (χ0n) is 9.03. The lowest BCUT2D eigenvalue weighted by Crippen LogP contribution is -2.10. The number of carbonyl (C=O) groups is 1. The van der Waals surface area contributed by atoms with Crippen LogP contribution in [0.2, 0.25) is 0 Å². The van der Waals surface area contributed by atoms with E-state index in [1.54, 1.807) is 0 Å². The van der Waals surface area contributed by atoms with Crippen molar-refractivity contribution in [1.29, 1.82) is 0 Å². The molecule has 0 aliphatic carbocycles. The van der Waals surface area contributed by atoms with Gasteiger partial charge in [-0.3, -0.25) is 9.78 Å². The molecule has 2 aromatic rings. The van der Waals surface area contributed by atoms with Crippen LogP contribution in [0.5, 0.6) is 0 Å². The third-order valence-electron chi connectivity index (χ3n) is 2.26. The lowest BCUT2D eigenvalue weighted by atomic mass is 10.1. The Hall–Kier alpha value is -1.69. The highest BCUT2D eigenvalue weighted by atomic mass is 79.9. The highest BCUT2D eigenvalue weighted by molar-refractivity contribution is 9.10. The number of Topliss-reactive ketones (excluding diaryl/α,β-unsaturated/α-hetero) is 1. The molecular formula is C12H7BrF2N2O. The molecule has 92 valence electrons. The molecule has 0 unspecified atom stereocenters. The molecule has 3 nitrogen and oxygen atoms in total. The summed E-state index contributed by atoms with van der Waals surface area (Å²) in [6, 6.07) is 3.30. The van der Waals surface area contributed by atoms with Gasteiger partial charge in [0, 0.05) is 0 Å². The Morgan fingerprint density at radius 1 is 1.17 bits per heavy atom. The molecule has 6 heteroatoms. The molecule has 1 aromatic heterocycles. The molecule has 2 rings (SSSR count). The van der Waals surface area contributed by atoms with Gasteiger partial charge in [-0.1, -0.05) is 6.07 Å². The highest BCUT2D eigenvalue weighted by Gasteiger charge is 2.17. The van der Waals surface area contributed by atoms with Crippen LogP contribution in [0.15, 0.2) is 35.2 Å². The second-order valence-electron chi connectivity index (χ2n) is 3.53. The fourth-order valence-electron chi connectivity index (χ4n) is 1.45. The average molecular weight is 313 g/mol. The maximum absolute atomic E-state index is 13.4. The molecule has 0 spiro atoms. The van der Waals surface area contributed by atoms with E-state index in [0.717, 1.165) is 12.1 Å². The van der Waals surface area contributed by atoms with E-state index >= 15 is 0 Å². The first kappa shape index (κ1) is 12.8. The molecular weight excluding hydrogens is 306 g/mol. The minimum atomic E-state index is -0.870. The van der Waals surface area contributed by atoms with Gasteiger partial charge in [-0.2, -0.15) is 0 Å². The number of halogens is 3. The minimum Gasteiger partial charge on any atom is -0.294 e. The summed E-state index contributed by atoms with van der Waals surface area (Å²) < 4.78 is 27.3. The van der Waals surface area contributed by atoms with Gasteiger partial charge in [0.1, 0.15) is 16.2 Å². The van der Waals surface area contributed by atoms with E-state index in [2.05, 4.69) is 25.9 Å². The Morgan fingerprint density at radius 3 is 2.39 bits per heavy atom. The van der Waals surface area contributed by atoms with E-state index in [1.165, 1.54) is 18.5 Å². The van der Waals surface area contributed by atoms with Crippen LogP contribution in [0.1, 0.15) is 16.1 Å². The zero-order valence-corrected chi connectivity index (χ0v) is 10.6. The summed E-state index contributed by atoms with van der Waals surface area (Å²) in [6.07, 6.45) is 2.60. The SMILES string of the molecule is O=C(Cc1cnc(Br)cn1)c1c(F)cccc1F. The molecule has 0 N–H and O–H groups in total. The van der Waals surface area contributed by atoms with Gasteiger partial charge in [-0.05, 0) is 28.1 Å². The molecule has 1 aromatic carbocycles. The third-order valence-corrected chi connectivity index (χ3v) is 2.67. The Morgan fingerprint density at radius 2 is 1.83 bits per heavy atom. The number of hydrogen-bond acceptors (Lipinski definition) is 3. The summed E-state index contributed by atoms with van der Waals surface area (Å²) >= 11 is 3.10. The number of aromatic nitrogens is 2. The monoisotopic (exact) mass is 312 g/mol. The molecule has 0 saturated carbocycles. The Balaban J connectivity index is 2.25. The van der Waals surface area contributed by atoms with Gasteiger partial charge >= 0.3 is 0 Å². The average Bonchev–Trinajstić information content (AvgIpc) is 2.32. The van der Waals surface area contributed by atoms with Crippen molar-refractivity contribution >= 4 is 21.7 Å². The lowest BCUT2D eigenvalue weighted by molar-refractivity contribution is 0.0983. The van der Waals surface area contributed by atoms with Crippen LogP contribution in [0.3, 0.4) is 0 Å². The number of ketones is 1. The first-order chi connectivity index (χ1) is 8.58. The van der Waals surface area contributed by atoms with E-state index in [1.807, 2.05) is 0 Å². The van der Waals surface area contributed by atoms with Crippen molar-refractivity contribution < 1.29 is 13.6 Å². The van der Waals surface area contributed by atoms with Crippen LogP contribution in [0.25, 0.3) is 0 Å². The quantitative estimate of drug-likeness (QED) is 0.818. The van der Waals surface area contributed by atoms with Crippen LogP contribution in [0, 0.1) is 11.6 Å². The van der Waals surface area contributed by atoms with Gasteiger partial charge < -0.3 is 0 Å². The van der Waals surface area contributed by atoms with Crippen molar-refractivity contribution in [2.24, 2.45) is 0 Å². The third kappa shape index (κ3) is 2.76. The smallest absolute Gasteiger partial charge is 0.174 e. The van der Waals surface area contributed by atoms with E-state index in [0.29, 0.717) is 10.3 Å². The highest BCUT2D eigenvalue weighted by Crippen LogP contribution is 2.15. The fourth-order valence-corrected chi connectivity index (χ4v) is 1.65. The Kier molecular flexibility index (Phi) is 3.76. The van der Waals surface area contributed by atoms with E-state index < -0.39 is 23.0 Å². The van der Waals surface area contributed by atoms with Gasteiger partial charge in [0.15, 0.2) is 5.78 Å². The standard InChI is InChI=1S/C12H7BrF2N2O/c13-11-6-16-7(5-17-11)4-10(18)12-8(14)2-1-3-9(12)15/h1-3,5-6H,4H2. The Bertz CT molecular complexity index is 567. The maximum atomic E-state index is 13.4. The minimum absolute atomic E-state index is 0.196. The molecule has 1 heterocycles. The van der Waals surface area contributed by atoms with Crippen LogP contribution in [-0.4, -0.2) is 15.8 Å². The number of benzene rings is 1. The summed E-state index contributed by atoms with van der Waals surface area (Å²) in [6.45, 7) is 0. The second-order valence-corrected chi connectivity index (χ2v) is 4.34. The van der Waals surface area contributed by atoms with Gasteiger partial charge in [0.05, 0.1) is 30.1 Å². The van der Waals surface area contributed by atoms with Crippen molar-refractivity contribution in [3.63, 3.8) is 0 Å². The van der Waals surface area contributed by atoms with Crippen LogP contribution >= 0.6 is 15.9 Å². The van der Waals surface area contributed by atoms with Crippen LogP contribution in [-0.2, 0) is 6.42 Å². The van der Waals surface area contributed by atoms with Gasteiger partial charge in [-0.25, -0.2) is 13.8 Å². The fraction of sp³-hybridized carbons (Fsp3) is 0.0833. The largest absolute Gasteiger partial charge is 0.294 e. The van der Waals surface area contributed by atoms with Crippen molar-refractivity contribution in [3.05, 3.63) is 58.1 Å². The molecule has 0 amide bonds.